The van der Waals surface area contributed by atoms with Crippen LogP contribution in [-0.4, -0.2) is 11.1 Å². The number of halogens is 1. The first-order valence-corrected chi connectivity index (χ1v) is 8.01. The zero-order valence-corrected chi connectivity index (χ0v) is 13.9. The van der Waals surface area contributed by atoms with Gasteiger partial charge in [0.1, 0.15) is 11.2 Å². The summed E-state index contributed by atoms with van der Waals surface area (Å²) >= 11 is 5.85. The van der Waals surface area contributed by atoms with Crippen LogP contribution in [0.1, 0.15) is 5.56 Å². The van der Waals surface area contributed by atoms with Crippen molar-refractivity contribution in [3.63, 3.8) is 0 Å². The van der Waals surface area contributed by atoms with Crippen LogP contribution in [0.5, 0.6) is 5.75 Å². The van der Waals surface area contributed by atoms with E-state index >= 15 is 0 Å². The van der Waals surface area contributed by atoms with Gasteiger partial charge in [-0.2, -0.15) is 0 Å². The molecule has 4 aromatic rings. The van der Waals surface area contributed by atoms with E-state index in [0.717, 1.165) is 22.4 Å². The second kappa shape index (κ2) is 6.16. The highest BCUT2D eigenvalue weighted by molar-refractivity contribution is 6.31. The summed E-state index contributed by atoms with van der Waals surface area (Å²) in [6.07, 6.45) is 1.27. The third-order valence-corrected chi connectivity index (χ3v) is 4.19. The number of nitro groups is 1. The second-order valence-electron chi connectivity index (χ2n) is 5.64. The quantitative estimate of drug-likeness (QED) is 0.291. The fraction of sp³-hybridized carbons (Fsp3) is 0. The predicted molar refractivity (Wildman–Crippen MR) is 98.5 cm³/mol. The van der Waals surface area contributed by atoms with Crippen LogP contribution in [0.15, 0.2) is 64.0 Å². The molecule has 0 saturated heterocycles. The van der Waals surface area contributed by atoms with Gasteiger partial charge in [-0.25, -0.2) is 0 Å². The Kier molecular flexibility index (Phi) is 3.82. The van der Waals surface area contributed by atoms with Gasteiger partial charge < -0.3 is 9.52 Å². The summed E-state index contributed by atoms with van der Waals surface area (Å²) in [4.78, 5) is 14.4. The molecule has 1 heterocycles. The molecule has 4 rings (SSSR count). The van der Waals surface area contributed by atoms with Crippen LogP contribution in [-0.2, 0) is 0 Å². The molecular weight excluding hydrogens is 356 g/mol. The molecule has 3 aromatic carbocycles. The first-order chi connectivity index (χ1) is 12.5. The fourth-order valence-corrected chi connectivity index (χ4v) is 2.99. The highest BCUT2D eigenvalue weighted by atomic mass is 35.5. The lowest BCUT2D eigenvalue weighted by Crippen LogP contribution is -2.02. The number of furan rings is 1. The Labute approximate surface area is 152 Å². The highest BCUT2D eigenvalue weighted by Crippen LogP contribution is 2.32. The zero-order chi connectivity index (χ0) is 18.3. The molecule has 0 bridgehead atoms. The normalized spacial score (nSPS) is 11.6. The van der Waals surface area contributed by atoms with Crippen LogP contribution < -0.4 is 5.11 Å². The van der Waals surface area contributed by atoms with Gasteiger partial charge in [-0.3, -0.25) is 15.1 Å². The standard InChI is InChI=1S/C19H11ClN2O4/c20-12-7-11(19(23)16(8-12)22(24)25)10-21-13-5-6-15-14-3-1-2-4-17(14)26-18(15)9-13/h1-10,23H/p-1. The SMILES string of the molecule is O=[N+]([O-])c1cc(Cl)cc(C=Nc2ccc3c(c2)oc2ccccc23)c1[O-]. The summed E-state index contributed by atoms with van der Waals surface area (Å²) in [7, 11) is 0. The number of fused-ring (bicyclic) bond motifs is 3. The highest BCUT2D eigenvalue weighted by Gasteiger charge is 2.11. The molecule has 0 fully saturated rings. The average molecular weight is 366 g/mol. The zero-order valence-electron chi connectivity index (χ0n) is 13.2. The number of benzene rings is 3. The summed E-state index contributed by atoms with van der Waals surface area (Å²) in [6.45, 7) is 0. The number of nitrogens with zero attached hydrogens (tertiary/aromatic N) is 2. The molecule has 0 amide bonds. The van der Waals surface area contributed by atoms with Crippen molar-refractivity contribution in [3.8, 4) is 5.75 Å². The van der Waals surface area contributed by atoms with Gasteiger partial charge in [0.15, 0.2) is 0 Å². The summed E-state index contributed by atoms with van der Waals surface area (Å²) < 4.78 is 5.79. The maximum Gasteiger partial charge on any atom is 0.263 e. The Balaban J connectivity index is 1.75. The van der Waals surface area contributed by atoms with Gasteiger partial charge in [-0.1, -0.05) is 29.8 Å². The van der Waals surface area contributed by atoms with E-state index in [1.807, 2.05) is 30.3 Å². The summed E-state index contributed by atoms with van der Waals surface area (Å²) in [5, 5.41) is 25.1. The van der Waals surface area contributed by atoms with Crippen LogP contribution >= 0.6 is 11.6 Å². The molecule has 6 nitrogen and oxygen atoms in total. The van der Waals surface area contributed by atoms with E-state index in [1.165, 1.54) is 12.3 Å². The van der Waals surface area contributed by atoms with E-state index in [1.54, 1.807) is 12.1 Å². The Morgan fingerprint density at radius 2 is 1.81 bits per heavy atom. The Hall–Kier alpha value is -3.38. The van der Waals surface area contributed by atoms with Crippen molar-refractivity contribution in [2.24, 2.45) is 4.99 Å². The topological polar surface area (TPSA) is 91.7 Å². The molecule has 0 saturated carbocycles. The number of para-hydroxylation sites is 1. The molecule has 0 N–H and O–H groups in total. The molecule has 0 radical (unpaired) electrons. The van der Waals surface area contributed by atoms with Crippen molar-refractivity contribution in [1.29, 1.82) is 0 Å². The Bertz CT molecular complexity index is 1200. The molecular formula is C19H10ClN2O4-. The van der Waals surface area contributed by atoms with Crippen molar-refractivity contribution in [2.45, 2.75) is 0 Å². The molecule has 0 aliphatic heterocycles. The first kappa shape index (κ1) is 16.1. The fourth-order valence-electron chi connectivity index (χ4n) is 2.77. The van der Waals surface area contributed by atoms with E-state index in [9.17, 15) is 15.2 Å². The number of hydrogen-bond donors (Lipinski definition) is 0. The van der Waals surface area contributed by atoms with E-state index in [0.29, 0.717) is 11.3 Å². The molecule has 0 aliphatic rings. The molecule has 26 heavy (non-hydrogen) atoms. The largest absolute Gasteiger partial charge is 0.867 e. The summed E-state index contributed by atoms with van der Waals surface area (Å²) in [5.74, 6) is -0.729. The van der Waals surface area contributed by atoms with Gasteiger partial charge in [0.25, 0.3) is 5.69 Å². The van der Waals surface area contributed by atoms with Crippen LogP contribution in [0.3, 0.4) is 0 Å². The number of aliphatic imine (C=N–C) groups is 1. The maximum absolute atomic E-state index is 12.1. The van der Waals surface area contributed by atoms with Gasteiger partial charge in [0, 0.05) is 34.1 Å². The predicted octanol–water partition coefficient (Wildman–Crippen LogP) is 4.97. The van der Waals surface area contributed by atoms with Crippen molar-refractivity contribution in [1.82, 2.24) is 0 Å². The van der Waals surface area contributed by atoms with Crippen molar-refractivity contribution < 1.29 is 14.4 Å². The van der Waals surface area contributed by atoms with Crippen LogP contribution in [0.25, 0.3) is 21.9 Å². The third kappa shape index (κ3) is 2.76. The minimum atomic E-state index is -0.758. The van der Waals surface area contributed by atoms with Gasteiger partial charge >= 0.3 is 0 Å². The second-order valence-corrected chi connectivity index (χ2v) is 6.07. The van der Waals surface area contributed by atoms with Crippen LogP contribution in [0, 0.1) is 10.1 Å². The minimum absolute atomic E-state index is 0.0499. The van der Waals surface area contributed by atoms with Gasteiger partial charge in [0.05, 0.1) is 10.6 Å². The van der Waals surface area contributed by atoms with Crippen molar-refractivity contribution >= 4 is 51.1 Å². The monoisotopic (exact) mass is 365 g/mol. The van der Waals surface area contributed by atoms with Crippen molar-refractivity contribution in [2.75, 3.05) is 0 Å². The van der Waals surface area contributed by atoms with Crippen LogP contribution in [0.2, 0.25) is 5.02 Å². The van der Waals surface area contributed by atoms with Gasteiger partial charge in [-0.05, 0) is 35.6 Å². The van der Waals surface area contributed by atoms with Crippen LogP contribution in [0.4, 0.5) is 11.4 Å². The first-order valence-electron chi connectivity index (χ1n) is 7.63. The third-order valence-electron chi connectivity index (χ3n) is 3.97. The average Bonchev–Trinajstić information content (AvgIpc) is 2.99. The number of hydrogen-bond acceptors (Lipinski definition) is 5. The number of nitro benzene ring substituents is 1. The lowest BCUT2D eigenvalue weighted by molar-refractivity contribution is -0.398. The summed E-state index contributed by atoms with van der Waals surface area (Å²) in [6, 6.07) is 15.5. The molecule has 0 atom stereocenters. The van der Waals surface area contributed by atoms with Gasteiger partial charge in [0.2, 0.25) is 0 Å². The van der Waals surface area contributed by atoms with E-state index < -0.39 is 16.4 Å². The lowest BCUT2D eigenvalue weighted by Gasteiger charge is -2.10. The molecule has 0 unspecified atom stereocenters. The lowest BCUT2D eigenvalue weighted by atomic mass is 10.1. The number of rotatable bonds is 3. The molecule has 0 aliphatic carbocycles. The minimum Gasteiger partial charge on any atom is -0.867 e. The molecule has 7 heteroatoms. The Morgan fingerprint density at radius 3 is 2.62 bits per heavy atom. The maximum atomic E-state index is 12.1. The molecule has 1 aromatic heterocycles. The molecule has 128 valence electrons. The smallest absolute Gasteiger partial charge is 0.263 e. The van der Waals surface area contributed by atoms with E-state index in [4.69, 9.17) is 16.0 Å². The summed E-state index contributed by atoms with van der Waals surface area (Å²) in [5.41, 5.74) is 1.47. The van der Waals surface area contributed by atoms with E-state index in [-0.39, 0.29) is 10.6 Å². The Morgan fingerprint density at radius 1 is 1.04 bits per heavy atom. The van der Waals surface area contributed by atoms with E-state index in [2.05, 4.69) is 4.99 Å². The van der Waals surface area contributed by atoms with Gasteiger partial charge in [-0.15, -0.1) is 0 Å². The molecule has 0 spiro atoms. The van der Waals surface area contributed by atoms with Crippen molar-refractivity contribution in [3.05, 3.63) is 75.3 Å².